The number of hydrogen-bond acceptors (Lipinski definition) is 8. The first kappa shape index (κ1) is 11.8. The van der Waals surface area contributed by atoms with Crippen molar-refractivity contribution < 1.29 is 13.8 Å². The zero-order valence-electron chi connectivity index (χ0n) is 9.98. The number of carbonyl (C=O) groups excluding carboxylic acids is 1. The monoisotopic (exact) mass is 272 g/mol. The van der Waals surface area contributed by atoms with Crippen LogP contribution in [0.15, 0.2) is 39.7 Å². The number of benzene rings is 1. The summed E-state index contributed by atoms with van der Waals surface area (Å²) in [7, 11) is 0. The second-order valence-electron chi connectivity index (χ2n) is 3.77. The Balaban J connectivity index is 1.76. The molecule has 0 saturated heterocycles. The highest BCUT2D eigenvalue weighted by molar-refractivity contribution is 6.05. The fraction of sp³-hybridized carbons (Fsp3) is 0. The first-order valence-electron chi connectivity index (χ1n) is 5.50. The molecule has 0 spiro atoms. The summed E-state index contributed by atoms with van der Waals surface area (Å²) < 4.78 is 9.42. The lowest BCUT2D eigenvalue weighted by Gasteiger charge is -2.03. The van der Waals surface area contributed by atoms with E-state index < -0.39 is 5.91 Å². The predicted octanol–water partition coefficient (Wildman–Crippen LogP) is 0.954. The lowest BCUT2D eigenvalue weighted by atomic mass is 10.2. The van der Waals surface area contributed by atoms with Gasteiger partial charge in [0.15, 0.2) is 0 Å². The Kier molecular flexibility index (Phi) is 2.84. The van der Waals surface area contributed by atoms with Crippen LogP contribution in [-0.4, -0.2) is 26.4 Å². The fourth-order valence-corrected chi connectivity index (χ4v) is 1.54. The van der Waals surface area contributed by atoms with Gasteiger partial charge in [0.2, 0.25) is 23.8 Å². The van der Waals surface area contributed by atoms with Gasteiger partial charge in [0.05, 0.1) is 0 Å². The number of nitrogens with two attached hydrogens (primary N) is 1. The molecule has 0 aliphatic rings. The molecule has 0 atom stereocenters. The molecule has 1 amide bonds. The van der Waals surface area contributed by atoms with Crippen LogP contribution in [0, 0.1) is 0 Å². The van der Waals surface area contributed by atoms with Gasteiger partial charge in [-0.2, -0.15) is 0 Å². The molecule has 100 valence electrons. The largest absolute Gasteiger partial charge is 0.423 e. The minimum atomic E-state index is -0.505. The van der Waals surface area contributed by atoms with Crippen LogP contribution in [0.1, 0.15) is 10.5 Å². The fourth-order valence-electron chi connectivity index (χ4n) is 1.54. The summed E-state index contributed by atoms with van der Waals surface area (Å²) in [6, 6.07) is 6.82. The molecule has 9 heteroatoms. The molecule has 9 nitrogen and oxygen atoms in total. The minimum absolute atomic E-state index is 0.0639. The number of rotatable bonds is 3. The number of nitrogens with zero attached hydrogens (tertiary/aromatic N) is 4. The maximum Gasteiger partial charge on any atom is 0.281 e. The van der Waals surface area contributed by atoms with Crippen LogP contribution in [0.2, 0.25) is 0 Å². The summed E-state index contributed by atoms with van der Waals surface area (Å²) in [6.07, 6.45) is 1.24. The molecule has 3 rings (SSSR count). The quantitative estimate of drug-likeness (QED) is 0.719. The number of amides is 1. The van der Waals surface area contributed by atoms with Gasteiger partial charge in [-0.1, -0.05) is 0 Å². The van der Waals surface area contributed by atoms with Crippen molar-refractivity contribution in [2.45, 2.75) is 0 Å². The third-order valence-electron chi connectivity index (χ3n) is 2.48. The average Bonchev–Trinajstić information content (AvgIpc) is 3.10. The van der Waals surface area contributed by atoms with Gasteiger partial charge >= 0.3 is 0 Å². The standard InChI is InChI=1S/C11H8N6O3/c12-9-8(16-20-17-9)10(18)14-7-3-1-6(2-4-7)11-15-13-5-19-11/h1-5H,(H2,12,17)(H,14,18). The van der Waals surface area contributed by atoms with Crippen LogP contribution in [-0.2, 0) is 0 Å². The van der Waals surface area contributed by atoms with E-state index in [2.05, 4.69) is 30.5 Å². The molecule has 0 radical (unpaired) electrons. The lowest BCUT2D eigenvalue weighted by Crippen LogP contribution is -2.14. The van der Waals surface area contributed by atoms with E-state index in [1.807, 2.05) is 0 Å². The lowest BCUT2D eigenvalue weighted by molar-refractivity contribution is 0.101. The van der Waals surface area contributed by atoms with E-state index in [0.717, 1.165) is 5.56 Å². The molecular weight excluding hydrogens is 264 g/mol. The molecule has 20 heavy (non-hydrogen) atoms. The highest BCUT2D eigenvalue weighted by Crippen LogP contribution is 2.19. The van der Waals surface area contributed by atoms with E-state index in [0.29, 0.717) is 11.6 Å². The van der Waals surface area contributed by atoms with Gasteiger partial charge in [0.1, 0.15) is 0 Å². The van der Waals surface area contributed by atoms with E-state index in [9.17, 15) is 4.79 Å². The van der Waals surface area contributed by atoms with Crippen molar-refractivity contribution in [1.29, 1.82) is 0 Å². The second kappa shape index (κ2) is 4.80. The third kappa shape index (κ3) is 2.19. The average molecular weight is 272 g/mol. The van der Waals surface area contributed by atoms with Crippen LogP contribution in [0.5, 0.6) is 0 Å². The molecule has 2 aromatic heterocycles. The molecule has 3 aromatic rings. The Bertz CT molecular complexity index is 719. The van der Waals surface area contributed by atoms with Crippen molar-refractivity contribution in [2.24, 2.45) is 0 Å². The van der Waals surface area contributed by atoms with Crippen molar-refractivity contribution in [3.05, 3.63) is 36.4 Å². The Morgan fingerprint density at radius 2 is 2.00 bits per heavy atom. The summed E-state index contributed by atoms with van der Waals surface area (Å²) in [5.41, 5.74) is 6.66. The van der Waals surface area contributed by atoms with E-state index in [1.54, 1.807) is 24.3 Å². The van der Waals surface area contributed by atoms with Crippen molar-refractivity contribution in [3.63, 3.8) is 0 Å². The zero-order chi connectivity index (χ0) is 13.9. The Morgan fingerprint density at radius 3 is 2.60 bits per heavy atom. The van der Waals surface area contributed by atoms with Crippen LogP contribution in [0.3, 0.4) is 0 Å². The van der Waals surface area contributed by atoms with Gasteiger partial charge in [-0.3, -0.25) is 4.79 Å². The highest BCUT2D eigenvalue weighted by atomic mass is 16.6. The number of aromatic nitrogens is 4. The number of nitrogen functional groups attached to an aromatic ring is 1. The van der Waals surface area contributed by atoms with Gasteiger partial charge in [0.25, 0.3) is 5.91 Å². The summed E-state index contributed by atoms with van der Waals surface area (Å²) >= 11 is 0. The summed E-state index contributed by atoms with van der Waals surface area (Å²) in [5, 5.41) is 16.7. The van der Waals surface area contributed by atoms with Crippen LogP contribution in [0.25, 0.3) is 11.5 Å². The summed E-state index contributed by atoms with van der Waals surface area (Å²) in [4.78, 5) is 11.8. The van der Waals surface area contributed by atoms with Gasteiger partial charge in [-0.15, -0.1) is 10.2 Å². The SMILES string of the molecule is Nc1nonc1C(=O)Nc1ccc(-c2nnco2)cc1. The zero-order valence-corrected chi connectivity index (χ0v) is 9.98. The number of hydrogen-bond donors (Lipinski definition) is 2. The second-order valence-corrected chi connectivity index (χ2v) is 3.77. The molecule has 0 bridgehead atoms. The molecule has 0 aliphatic carbocycles. The predicted molar refractivity (Wildman–Crippen MR) is 66.4 cm³/mol. The van der Waals surface area contributed by atoms with Crippen LogP contribution in [0.4, 0.5) is 11.5 Å². The topological polar surface area (TPSA) is 133 Å². The van der Waals surface area contributed by atoms with E-state index in [1.165, 1.54) is 6.39 Å². The maximum atomic E-state index is 11.8. The van der Waals surface area contributed by atoms with E-state index >= 15 is 0 Å². The van der Waals surface area contributed by atoms with E-state index in [-0.39, 0.29) is 11.5 Å². The number of carbonyl (C=O) groups is 1. The third-order valence-corrected chi connectivity index (χ3v) is 2.48. The normalized spacial score (nSPS) is 10.4. The van der Waals surface area contributed by atoms with Crippen molar-refractivity contribution in [3.8, 4) is 11.5 Å². The number of anilines is 2. The summed E-state index contributed by atoms with van der Waals surface area (Å²) in [6.45, 7) is 0. The van der Waals surface area contributed by atoms with Crippen LogP contribution < -0.4 is 11.1 Å². The number of nitrogens with one attached hydrogen (secondary N) is 1. The Morgan fingerprint density at radius 1 is 1.20 bits per heavy atom. The minimum Gasteiger partial charge on any atom is -0.423 e. The molecule has 0 saturated carbocycles. The highest BCUT2D eigenvalue weighted by Gasteiger charge is 2.16. The van der Waals surface area contributed by atoms with Gasteiger partial charge in [0, 0.05) is 11.3 Å². The molecule has 3 N–H and O–H groups in total. The van der Waals surface area contributed by atoms with Gasteiger partial charge < -0.3 is 15.5 Å². The molecule has 0 fully saturated rings. The molecule has 0 unspecified atom stereocenters. The van der Waals surface area contributed by atoms with Crippen LogP contribution >= 0.6 is 0 Å². The molecule has 1 aromatic carbocycles. The summed E-state index contributed by atoms with van der Waals surface area (Å²) in [5.74, 6) is -0.174. The van der Waals surface area contributed by atoms with Gasteiger partial charge in [-0.05, 0) is 34.6 Å². The van der Waals surface area contributed by atoms with Crippen molar-refractivity contribution >= 4 is 17.4 Å². The molecular formula is C11H8N6O3. The first-order chi connectivity index (χ1) is 9.74. The van der Waals surface area contributed by atoms with Crippen molar-refractivity contribution in [2.75, 3.05) is 11.1 Å². The first-order valence-corrected chi connectivity index (χ1v) is 5.50. The van der Waals surface area contributed by atoms with E-state index in [4.69, 9.17) is 10.2 Å². The van der Waals surface area contributed by atoms with Crippen molar-refractivity contribution in [1.82, 2.24) is 20.5 Å². The molecule has 2 heterocycles. The molecule has 0 aliphatic heterocycles. The Labute approximate surface area is 111 Å². The maximum absolute atomic E-state index is 11.8. The Hall–Kier alpha value is -3.23. The van der Waals surface area contributed by atoms with Gasteiger partial charge in [-0.25, -0.2) is 4.63 Å². The smallest absolute Gasteiger partial charge is 0.281 e.